The molecule has 0 bridgehead atoms. The number of pyridine rings is 1. The lowest BCUT2D eigenvalue weighted by Crippen LogP contribution is -2.23. The molecule has 3 rings (SSSR count). The van der Waals surface area contributed by atoms with Gasteiger partial charge in [0.2, 0.25) is 5.91 Å². The monoisotopic (exact) mass is 442 g/mol. The number of amides is 1. The molecule has 0 spiro atoms. The molecule has 8 nitrogen and oxygen atoms in total. The standard InChI is InChI=1S/C20H25F3N4O4/c1-11(8-20(21,22)23)25-13-7-15-16(26-12(2)28)17(19(29)30-3)27(18(15)24-9-13)10-14-5-4-6-31-14/h7,9,11,14,25H,4-6,8,10H2,1-3H3,(H,26,28)/t11-,14+/m1/s1. The van der Waals surface area contributed by atoms with E-state index in [2.05, 4.69) is 15.6 Å². The molecule has 3 heterocycles. The van der Waals surface area contributed by atoms with Crippen LogP contribution in [-0.2, 0) is 20.8 Å². The number of ether oxygens (including phenoxy) is 2. The Kier molecular flexibility index (Phi) is 6.73. The number of fused-ring (bicyclic) bond motifs is 1. The molecule has 2 atom stereocenters. The Bertz CT molecular complexity index is 967. The van der Waals surface area contributed by atoms with Gasteiger partial charge in [-0.05, 0) is 25.8 Å². The highest BCUT2D eigenvalue weighted by atomic mass is 19.4. The van der Waals surface area contributed by atoms with E-state index in [0.717, 1.165) is 12.8 Å². The maximum Gasteiger partial charge on any atom is 0.391 e. The zero-order valence-electron chi connectivity index (χ0n) is 17.5. The largest absolute Gasteiger partial charge is 0.464 e. The van der Waals surface area contributed by atoms with Gasteiger partial charge in [-0.25, -0.2) is 9.78 Å². The first-order chi connectivity index (χ1) is 14.6. The van der Waals surface area contributed by atoms with E-state index in [4.69, 9.17) is 9.47 Å². The maximum absolute atomic E-state index is 12.7. The third-order valence-electron chi connectivity index (χ3n) is 4.94. The summed E-state index contributed by atoms with van der Waals surface area (Å²) in [7, 11) is 1.23. The first kappa shape index (κ1) is 22.9. The van der Waals surface area contributed by atoms with Crippen molar-refractivity contribution < 1.29 is 32.2 Å². The van der Waals surface area contributed by atoms with E-state index in [1.54, 1.807) is 10.6 Å². The zero-order chi connectivity index (χ0) is 22.8. The molecule has 1 fully saturated rings. The number of nitrogens with zero attached hydrogens (tertiary/aromatic N) is 2. The molecular weight excluding hydrogens is 417 g/mol. The molecule has 0 aromatic carbocycles. The number of halogens is 3. The summed E-state index contributed by atoms with van der Waals surface area (Å²) in [5.74, 6) is -1.08. The van der Waals surface area contributed by atoms with Crippen LogP contribution in [0.2, 0.25) is 0 Å². The highest BCUT2D eigenvalue weighted by molar-refractivity contribution is 6.10. The summed E-state index contributed by atoms with van der Waals surface area (Å²) < 4.78 is 50.3. The molecule has 31 heavy (non-hydrogen) atoms. The second-order valence-electron chi connectivity index (χ2n) is 7.60. The van der Waals surface area contributed by atoms with Gasteiger partial charge in [-0.15, -0.1) is 0 Å². The number of anilines is 2. The van der Waals surface area contributed by atoms with Crippen molar-refractivity contribution in [2.24, 2.45) is 0 Å². The van der Waals surface area contributed by atoms with E-state index in [-0.39, 0.29) is 17.5 Å². The molecule has 11 heteroatoms. The van der Waals surface area contributed by atoms with Gasteiger partial charge in [0.25, 0.3) is 0 Å². The quantitative estimate of drug-likeness (QED) is 0.635. The fourth-order valence-electron chi connectivity index (χ4n) is 3.77. The van der Waals surface area contributed by atoms with Crippen LogP contribution < -0.4 is 10.6 Å². The van der Waals surface area contributed by atoms with Gasteiger partial charge in [-0.2, -0.15) is 13.2 Å². The number of rotatable bonds is 7. The predicted octanol–water partition coefficient (Wildman–Crippen LogP) is 3.71. The van der Waals surface area contributed by atoms with Crippen molar-refractivity contribution in [2.45, 2.75) is 58.0 Å². The van der Waals surface area contributed by atoms with Gasteiger partial charge in [0.15, 0.2) is 5.69 Å². The normalized spacial score (nSPS) is 17.5. The number of carbonyl (C=O) groups is 2. The number of nitrogens with one attached hydrogen (secondary N) is 2. The van der Waals surface area contributed by atoms with E-state index in [0.29, 0.717) is 29.9 Å². The summed E-state index contributed by atoms with van der Waals surface area (Å²) in [5.41, 5.74) is 1.04. The average Bonchev–Trinajstić information content (AvgIpc) is 3.26. The van der Waals surface area contributed by atoms with Crippen LogP contribution in [0.15, 0.2) is 12.3 Å². The molecule has 2 aromatic heterocycles. The van der Waals surface area contributed by atoms with Gasteiger partial charge < -0.3 is 24.7 Å². The Morgan fingerprint density at radius 3 is 2.74 bits per heavy atom. The van der Waals surface area contributed by atoms with Crippen LogP contribution in [0.4, 0.5) is 24.5 Å². The molecule has 1 aliphatic heterocycles. The Hall–Kier alpha value is -2.82. The van der Waals surface area contributed by atoms with Gasteiger partial charge in [0.1, 0.15) is 5.65 Å². The van der Waals surface area contributed by atoms with Crippen molar-refractivity contribution in [1.82, 2.24) is 9.55 Å². The number of hydrogen-bond donors (Lipinski definition) is 2. The van der Waals surface area contributed by atoms with Crippen LogP contribution in [0, 0.1) is 0 Å². The van der Waals surface area contributed by atoms with E-state index >= 15 is 0 Å². The number of aromatic nitrogens is 2. The third-order valence-corrected chi connectivity index (χ3v) is 4.94. The maximum atomic E-state index is 12.7. The SMILES string of the molecule is COC(=O)c1c(NC(C)=O)c2cc(N[C@H](C)CC(F)(F)F)cnc2n1C[C@@H]1CCCO1. The Morgan fingerprint density at radius 1 is 1.42 bits per heavy atom. The molecule has 1 amide bonds. The lowest BCUT2D eigenvalue weighted by atomic mass is 10.2. The molecule has 0 unspecified atom stereocenters. The number of alkyl halides is 3. The number of methoxy groups -OCH3 is 1. The summed E-state index contributed by atoms with van der Waals surface area (Å²) >= 11 is 0. The van der Waals surface area contributed by atoms with Gasteiger partial charge in [0.05, 0.1) is 43.8 Å². The van der Waals surface area contributed by atoms with Crippen molar-refractivity contribution in [3.8, 4) is 0 Å². The second kappa shape index (κ2) is 9.13. The molecule has 2 aromatic rings. The van der Waals surface area contributed by atoms with E-state index in [1.165, 1.54) is 27.2 Å². The third kappa shape index (κ3) is 5.46. The average molecular weight is 442 g/mol. The number of esters is 1. The Balaban J connectivity index is 2.08. The topological polar surface area (TPSA) is 94.5 Å². The number of carbonyl (C=O) groups excluding carboxylic acids is 2. The first-order valence-electron chi connectivity index (χ1n) is 9.92. The first-order valence-corrected chi connectivity index (χ1v) is 9.92. The highest BCUT2D eigenvalue weighted by Gasteiger charge is 2.31. The van der Waals surface area contributed by atoms with Crippen LogP contribution in [0.25, 0.3) is 11.0 Å². The predicted molar refractivity (Wildman–Crippen MR) is 108 cm³/mol. The van der Waals surface area contributed by atoms with Crippen LogP contribution in [0.5, 0.6) is 0 Å². The molecule has 1 saturated heterocycles. The minimum absolute atomic E-state index is 0.108. The van der Waals surface area contributed by atoms with E-state index in [1.807, 2.05) is 0 Å². The van der Waals surface area contributed by atoms with Crippen LogP contribution in [-0.4, -0.2) is 53.5 Å². The molecule has 170 valence electrons. The lowest BCUT2D eigenvalue weighted by Gasteiger charge is -2.17. The zero-order valence-corrected chi connectivity index (χ0v) is 17.5. The van der Waals surface area contributed by atoms with Gasteiger partial charge in [-0.3, -0.25) is 4.79 Å². The minimum atomic E-state index is -4.31. The van der Waals surface area contributed by atoms with E-state index < -0.39 is 30.5 Å². The summed E-state index contributed by atoms with van der Waals surface area (Å²) in [6.45, 7) is 3.65. The molecule has 2 N–H and O–H groups in total. The fraction of sp³-hybridized carbons (Fsp3) is 0.550. The molecule has 0 saturated carbocycles. The van der Waals surface area contributed by atoms with Crippen LogP contribution in [0.3, 0.4) is 0 Å². The van der Waals surface area contributed by atoms with Crippen molar-refractivity contribution in [1.29, 1.82) is 0 Å². The van der Waals surface area contributed by atoms with Crippen molar-refractivity contribution in [2.75, 3.05) is 24.4 Å². The number of hydrogen-bond acceptors (Lipinski definition) is 6. The molecule has 0 aliphatic carbocycles. The van der Waals surface area contributed by atoms with Gasteiger partial charge in [-0.1, -0.05) is 0 Å². The lowest BCUT2D eigenvalue weighted by molar-refractivity contribution is -0.136. The van der Waals surface area contributed by atoms with Gasteiger partial charge in [0, 0.05) is 25.0 Å². The molecular formula is C20H25F3N4O4. The fourth-order valence-corrected chi connectivity index (χ4v) is 3.77. The van der Waals surface area contributed by atoms with Gasteiger partial charge >= 0.3 is 12.1 Å². The summed E-state index contributed by atoms with van der Waals surface area (Å²) in [5, 5.41) is 5.83. The Morgan fingerprint density at radius 2 is 2.16 bits per heavy atom. The molecule has 0 radical (unpaired) electrons. The summed E-state index contributed by atoms with van der Waals surface area (Å²) in [4.78, 5) is 28.8. The van der Waals surface area contributed by atoms with E-state index in [9.17, 15) is 22.8 Å². The Labute approximate surface area is 177 Å². The van der Waals surface area contributed by atoms with Crippen molar-refractivity contribution >= 4 is 34.3 Å². The summed E-state index contributed by atoms with van der Waals surface area (Å²) in [6.07, 6.45) is -2.35. The summed E-state index contributed by atoms with van der Waals surface area (Å²) in [6, 6.07) is 0.677. The second-order valence-corrected chi connectivity index (χ2v) is 7.60. The van der Waals surface area contributed by atoms with Crippen LogP contribution >= 0.6 is 0 Å². The van der Waals surface area contributed by atoms with Crippen molar-refractivity contribution in [3.63, 3.8) is 0 Å². The van der Waals surface area contributed by atoms with Crippen molar-refractivity contribution in [3.05, 3.63) is 18.0 Å². The highest BCUT2D eigenvalue weighted by Crippen LogP contribution is 2.34. The molecule has 1 aliphatic rings. The smallest absolute Gasteiger partial charge is 0.391 e. The minimum Gasteiger partial charge on any atom is -0.464 e. The van der Waals surface area contributed by atoms with Crippen LogP contribution in [0.1, 0.15) is 43.6 Å².